The highest BCUT2D eigenvalue weighted by molar-refractivity contribution is 5.62. The van der Waals surface area contributed by atoms with E-state index in [1.54, 1.807) is 0 Å². The van der Waals surface area contributed by atoms with Crippen molar-refractivity contribution in [1.29, 1.82) is 0 Å². The molecule has 0 bridgehead atoms. The van der Waals surface area contributed by atoms with Gasteiger partial charge in [0.1, 0.15) is 0 Å². The van der Waals surface area contributed by atoms with Gasteiger partial charge in [-0.1, -0.05) is 102 Å². The Morgan fingerprint density at radius 1 is 0.677 bits per heavy atom. The number of unbranched alkanes of at least 4 members (excludes halogenated alkanes) is 7. The Balaban J connectivity index is 1.43. The first-order valence-corrected chi connectivity index (χ1v) is 13.4. The minimum atomic E-state index is 0.677. The van der Waals surface area contributed by atoms with Gasteiger partial charge in [-0.15, -0.1) is 0 Å². The number of aromatic nitrogens is 1. The minimum absolute atomic E-state index is 0.677. The van der Waals surface area contributed by atoms with Gasteiger partial charge in [-0.25, -0.2) is 0 Å². The molecule has 3 rings (SSSR count). The highest BCUT2D eigenvalue weighted by Gasteiger charge is 2.22. The summed E-state index contributed by atoms with van der Waals surface area (Å²) in [5, 5.41) is 0. The Kier molecular flexibility index (Phi) is 10.6. The van der Waals surface area contributed by atoms with Gasteiger partial charge in [0.2, 0.25) is 0 Å². The molecule has 1 saturated carbocycles. The number of aryl methyl sites for hydroxylation is 1. The highest BCUT2D eigenvalue weighted by atomic mass is 14.7. The van der Waals surface area contributed by atoms with Gasteiger partial charge in [0.15, 0.2) is 0 Å². The molecule has 0 radical (unpaired) electrons. The van der Waals surface area contributed by atoms with Crippen LogP contribution in [0.5, 0.6) is 0 Å². The van der Waals surface area contributed by atoms with E-state index >= 15 is 0 Å². The molecule has 1 heteroatoms. The molecular weight excluding hydrogens is 374 g/mol. The average molecular weight is 420 g/mol. The molecule has 1 aliphatic rings. The zero-order valence-electron chi connectivity index (χ0n) is 20.2. The monoisotopic (exact) mass is 419 g/mol. The minimum Gasteiger partial charge on any atom is -0.260 e. The Morgan fingerprint density at radius 2 is 1.32 bits per heavy atom. The lowest BCUT2D eigenvalue weighted by atomic mass is 9.78. The van der Waals surface area contributed by atoms with Gasteiger partial charge in [0, 0.05) is 23.4 Å². The predicted octanol–water partition coefficient (Wildman–Crippen LogP) is 9.51. The molecular formula is C30H45N. The molecule has 1 aliphatic carbocycles. The summed E-state index contributed by atoms with van der Waals surface area (Å²) in [6.45, 7) is 4.59. The summed E-state index contributed by atoms with van der Waals surface area (Å²) in [6.07, 6.45) is 22.6. The molecule has 0 saturated heterocycles. The fourth-order valence-corrected chi connectivity index (χ4v) is 5.22. The van der Waals surface area contributed by atoms with Gasteiger partial charge in [-0.05, 0) is 61.6 Å². The molecule has 1 aromatic heterocycles. The second kappa shape index (κ2) is 13.7. The first-order valence-electron chi connectivity index (χ1n) is 13.4. The first kappa shape index (κ1) is 24.0. The van der Waals surface area contributed by atoms with E-state index in [1.165, 1.54) is 119 Å². The molecule has 0 N–H and O–H groups in total. The Bertz CT molecular complexity index is 707. The smallest absolute Gasteiger partial charge is 0.0434 e. The lowest BCUT2D eigenvalue weighted by Crippen LogP contribution is -2.14. The largest absolute Gasteiger partial charge is 0.260 e. The maximum absolute atomic E-state index is 4.89. The predicted molar refractivity (Wildman–Crippen MR) is 136 cm³/mol. The van der Waals surface area contributed by atoms with Crippen LogP contribution in [0.1, 0.15) is 121 Å². The van der Waals surface area contributed by atoms with E-state index in [2.05, 4.69) is 56.4 Å². The van der Waals surface area contributed by atoms with Crippen molar-refractivity contribution >= 4 is 0 Å². The van der Waals surface area contributed by atoms with Crippen molar-refractivity contribution in [3.8, 4) is 11.1 Å². The third kappa shape index (κ3) is 8.09. The second-order valence-corrected chi connectivity index (χ2v) is 9.90. The average Bonchev–Trinajstić information content (AvgIpc) is 2.82. The first-order chi connectivity index (χ1) is 15.3. The third-order valence-corrected chi connectivity index (χ3v) is 7.37. The number of pyridine rings is 1. The quantitative estimate of drug-likeness (QED) is 0.294. The molecule has 0 aliphatic heterocycles. The van der Waals surface area contributed by atoms with Crippen molar-refractivity contribution < 1.29 is 0 Å². The molecule has 31 heavy (non-hydrogen) atoms. The van der Waals surface area contributed by atoms with Crippen molar-refractivity contribution in [3.05, 3.63) is 53.9 Å². The molecule has 2 aromatic rings. The van der Waals surface area contributed by atoms with Crippen LogP contribution in [0.3, 0.4) is 0 Å². The van der Waals surface area contributed by atoms with Crippen LogP contribution in [0.4, 0.5) is 0 Å². The molecule has 0 unspecified atom stereocenters. The summed E-state index contributed by atoms with van der Waals surface area (Å²) in [7, 11) is 0. The van der Waals surface area contributed by atoms with Crippen LogP contribution in [0.15, 0.2) is 42.6 Å². The molecule has 1 heterocycles. The lowest BCUT2D eigenvalue weighted by molar-refractivity contribution is 0.300. The van der Waals surface area contributed by atoms with Gasteiger partial charge in [0.05, 0.1) is 0 Å². The van der Waals surface area contributed by atoms with E-state index in [1.807, 2.05) is 0 Å². The van der Waals surface area contributed by atoms with Crippen molar-refractivity contribution in [3.63, 3.8) is 0 Å². The van der Waals surface area contributed by atoms with Crippen molar-refractivity contribution in [1.82, 2.24) is 4.98 Å². The second-order valence-electron chi connectivity index (χ2n) is 9.90. The zero-order valence-corrected chi connectivity index (χ0v) is 20.2. The molecule has 170 valence electrons. The fraction of sp³-hybridized carbons (Fsp3) is 0.633. The number of hydrogen-bond acceptors (Lipinski definition) is 1. The lowest BCUT2D eigenvalue weighted by Gasteiger charge is -2.28. The van der Waals surface area contributed by atoms with Crippen LogP contribution >= 0.6 is 0 Å². The van der Waals surface area contributed by atoms with E-state index in [9.17, 15) is 0 Å². The summed E-state index contributed by atoms with van der Waals surface area (Å²) in [4.78, 5) is 4.89. The molecule has 1 aromatic carbocycles. The SMILES string of the molecule is CCCCCCCCc1ccc(-c2ccc(C3CCC(CCCCC)CC3)nc2)cc1. The number of rotatable bonds is 13. The van der Waals surface area contributed by atoms with Gasteiger partial charge in [0.25, 0.3) is 0 Å². The third-order valence-electron chi connectivity index (χ3n) is 7.37. The summed E-state index contributed by atoms with van der Waals surface area (Å²) < 4.78 is 0. The van der Waals surface area contributed by atoms with Crippen LogP contribution in [0, 0.1) is 5.92 Å². The maximum Gasteiger partial charge on any atom is 0.0434 e. The van der Waals surface area contributed by atoms with Crippen molar-refractivity contribution in [2.24, 2.45) is 5.92 Å². The fourth-order valence-electron chi connectivity index (χ4n) is 5.22. The van der Waals surface area contributed by atoms with Crippen LogP contribution < -0.4 is 0 Å². The van der Waals surface area contributed by atoms with Crippen molar-refractivity contribution in [2.45, 2.75) is 116 Å². The summed E-state index contributed by atoms with van der Waals surface area (Å²) >= 11 is 0. The summed E-state index contributed by atoms with van der Waals surface area (Å²) in [5.74, 6) is 1.65. The Labute approximate surface area is 192 Å². The maximum atomic E-state index is 4.89. The van der Waals surface area contributed by atoms with Crippen LogP contribution in [-0.2, 0) is 6.42 Å². The molecule has 1 nitrogen and oxygen atoms in total. The highest BCUT2D eigenvalue weighted by Crippen LogP contribution is 2.37. The van der Waals surface area contributed by atoms with E-state index in [0.29, 0.717) is 5.92 Å². The van der Waals surface area contributed by atoms with E-state index in [4.69, 9.17) is 4.98 Å². The number of benzene rings is 1. The van der Waals surface area contributed by atoms with E-state index in [-0.39, 0.29) is 0 Å². The van der Waals surface area contributed by atoms with Crippen LogP contribution in [0.2, 0.25) is 0 Å². The molecule has 0 amide bonds. The van der Waals surface area contributed by atoms with Crippen LogP contribution in [-0.4, -0.2) is 4.98 Å². The Hall–Kier alpha value is -1.63. The molecule has 1 fully saturated rings. The normalized spacial score (nSPS) is 18.9. The van der Waals surface area contributed by atoms with Crippen LogP contribution in [0.25, 0.3) is 11.1 Å². The molecule has 0 atom stereocenters. The van der Waals surface area contributed by atoms with E-state index < -0.39 is 0 Å². The summed E-state index contributed by atoms with van der Waals surface area (Å²) in [6, 6.07) is 13.8. The van der Waals surface area contributed by atoms with Gasteiger partial charge >= 0.3 is 0 Å². The Morgan fingerprint density at radius 3 is 2.00 bits per heavy atom. The van der Waals surface area contributed by atoms with Gasteiger partial charge < -0.3 is 0 Å². The van der Waals surface area contributed by atoms with Crippen molar-refractivity contribution in [2.75, 3.05) is 0 Å². The zero-order chi connectivity index (χ0) is 21.7. The number of nitrogens with zero attached hydrogens (tertiary/aromatic N) is 1. The van der Waals surface area contributed by atoms with E-state index in [0.717, 1.165) is 5.92 Å². The summed E-state index contributed by atoms with van der Waals surface area (Å²) in [5.41, 5.74) is 5.34. The topological polar surface area (TPSA) is 12.9 Å². The standard InChI is InChI=1S/C30H45N/c1-3-5-7-8-9-11-13-26-14-18-27(19-15-26)29-22-23-30(31-24-29)28-20-16-25(17-21-28)12-10-6-4-2/h14-15,18-19,22-25,28H,3-13,16-17,20-21H2,1-2H3. The van der Waals surface area contributed by atoms with Gasteiger partial charge in [-0.2, -0.15) is 0 Å². The van der Waals surface area contributed by atoms with Gasteiger partial charge in [-0.3, -0.25) is 4.98 Å². The molecule has 0 spiro atoms. The number of hydrogen-bond donors (Lipinski definition) is 0.